The van der Waals surface area contributed by atoms with Crippen LogP contribution in [0, 0.1) is 10.1 Å². The summed E-state index contributed by atoms with van der Waals surface area (Å²) in [6, 6.07) is 4.20. The lowest BCUT2D eigenvalue weighted by molar-refractivity contribution is -0.384. The SMILES string of the molecule is O=C1CS[C@@H](c2cc([N+](=O)[O-])ccc2Cl)N1c1nncs1. The van der Waals surface area contributed by atoms with E-state index in [1.165, 1.54) is 51.7 Å². The molecule has 2 aromatic rings. The van der Waals surface area contributed by atoms with E-state index in [2.05, 4.69) is 10.2 Å². The molecule has 0 bridgehead atoms. The Morgan fingerprint density at radius 3 is 2.95 bits per heavy atom. The first-order valence-electron chi connectivity index (χ1n) is 5.71. The third-order valence-corrected chi connectivity index (χ3v) is 5.11. The minimum atomic E-state index is -0.490. The van der Waals surface area contributed by atoms with Crippen molar-refractivity contribution in [2.75, 3.05) is 10.7 Å². The van der Waals surface area contributed by atoms with Crippen LogP contribution in [0.2, 0.25) is 5.02 Å². The second-order valence-corrected chi connectivity index (χ2v) is 6.40. The molecule has 1 amide bonds. The smallest absolute Gasteiger partial charge is 0.269 e. The van der Waals surface area contributed by atoms with E-state index in [-0.39, 0.29) is 17.3 Å². The normalized spacial score (nSPS) is 18.2. The zero-order chi connectivity index (χ0) is 15.0. The number of nitro groups is 1. The molecule has 1 aromatic heterocycles. The van der Waals surface area contributed by atoms with Crippen LogP contribution < -0.4 is 4.90 Å². The number of thioether (sulfide) groups is 1. The van der Waals surface area contributed by atoms with Crippen LogP contribution in [0.5, 0.6) is 0 Å². The summed E-state index contributed by atoms with van der Waals surface area (Å²) >= 11 is 8.73. The number of anilines is 1. The van der Waals surface area contributed by atoms with Gasteiger partial charge in [-0.2, -0.15) is 0 Å². The average Bonchev–Trinajstić information content (AvgIpc) is 3.08. The third-order valence-electron chi connectivity index (χ3n) is 2.88. The molecule has 7 nitrogen and oxygen atoms in total. The number of hydrogen-bond acceptors (Lipinski definition) is 7. The number of carbonyl (C=O) groups is 1. The van der Waals surface area contributed by atoms with Crippen LogP contribution in [0.15, 0.2) is 23.7 Å². The van der Waals surface area contributed by atoms with E-state index < -0.39 is 10.3 Å². The van der Waals surface area contributed by atoms with E-state index in [0.717, 1.165) is 0 Å². The lowest BCUT2D eigenvalue weighted by Crippen LogP contribution is -2.27. The Labute approximate surface area is 132 Å². The highest BCUT2D eigenvalue weighted by atomic mass is 35.5. The molecule has 1 aromatic carbocycles. The second-order valence-electron chi connectivity index (χ2n) is 4.11. The largest absolute Gasteiger partial charge is 0.273 e. The van der Waals surface area contributed by atoms with Gasteiger partial charge in [0.1, 0.15) is 10.9 Å². The van der Waals surface area contributed by atoms with Crippen LogP contribution in [0.4, 0.5) is 10.8 Å². The fourth-order valence-electron chi connectivity index (χ4n) is 1.97. The lowest BCUT2D eigenvalue weighted by Gasteiger charge is -2.21. The summed E-state index contributed by atoms with van der Waals surface area (Å²) in [6.45, 7) is 0. The quantitative estimate of drug-likeness (QED) is 0.629. The van der Waals surface area contributed by atoms with Gasteiger partial charge in [-0.1, -0.05) is 22.9 Å². The number of hydrogen-bond donors (Lipinski definition) is 0. The fourth-order valence-corrected chi connectivity index (χ4v) is 4.10. The molecule has 1 fully saturated rings. The highest BCUT2D eigenvalue weighted by Gasteiger charge is 2.37. The average molecular weight is 343 g/mol. The molecular weight excluding hydrogens is 336 g/mol. The fraction of sp³-hybridized carbons (Fsp3) is 0.182. The molecule has 1 aliphatic heterocycles. The topological polar surface area (TPSA) is 89.2 Å². The molecule has 0 N–H and O–H groups in total. The maximum absolute atomic E-state index is 12.1. The van der Waals surface area contributed by atoms with Crippen molar-refractivity contribution in [1.29, 1.82) is 0 Å². The third kappa shape index (κ3) is 2.59. The van der Waals surface area contributed by atoms with Gasteiger partial charge >= 0.3 is 0 Å². The van der Waals surface area contributed by atoms with Gasteiger partial charge in [0.2, 0.25) is 11.0 Å². The van der Waals surface area contributed by atoms with Gasteiger partial charge in [0.25, 0.3) is 5.69 Å². The van der Waals surface area contributed by atoms with E-state index in [1.54, 1.807) is 0 Å². The van der Waals surface area contributed by atoms with Crippen LogP contribution in [-0.2, 0) is 4.79 Å². The summed E-state index contributed by atoms with van der Waals surface area (Å²) in [6.07, 6.45) is 0. The van der Waals surface area contributed by atoms with Gasteiger partial charge < -0.3 is 0 Å². The Bertz CT molecular complexity index is 709. The number of halogens is 1. The number of aromatic nitrogens is 2. The molecule has 0 aliphatic carbocycles. The van der Waals surface area contributed by atoms with Gasteiger partial charge in [0, 0.05) is 22.7 Å². The molecule has 2 heterocycles. The molecule has 1 saturated heterocycles. The first-order chi connectivity index (χ1) is 10.1. The standard InChI is InChI=1S/C11H7ClN4O3S2/c12-8-2-1-6(16(18)19)3-7(8)10-15(9(17)4-20-10)11-14-13-5-21-11/h1-3,5,10H,4H2/t10-/m0/s1. The van der Waals surface area contributed by atoms with Crippen LogP contribution in [0.25, 0.3) is 0 Å². The summed E-state index contributed by atoms with van der Waals surface area (Å²) < 4.78 is 0. The highest BCUT2D eigenvalue weighted by Crippen LogP contribution is 2.45. The number of nitro benzene ring substituents is 1. The highest BCUT2D eigenvalue weighted by molar-refractivity contribution is 8.00. The number of benzene rings is 1. The van der Waals surface area contributed by atoms with Crippen molar-refractivity contribution < 1.29 is 9.72 Å². The van der Waals surface area contributed by atoms with Crippen molar-refractivity contribution in [3.63, 3.8) is 0 Å². The van der Waals surface area contributed by atoms with Crippen molar-refractivity contribution in [3.05, 3.63) is 44.4 Å². The van der Waals surface area contributed by atoms with Gasteiger partial charge in [-0.15, -0.1) is 22.0 Å². The summed E-state index contributed by atoms with van der Waals surface area (Å²) in [7, 11) is 0. The summed E-state index contributed by atoms with van der Waals surface area (Å²) in [5.41, 5.74) is 1.99. The van der Waals surface area contributed by atoms with Gasteiger partial charge in [0.15, 0.2) is 0 Å². The van der Waals surface area contributed by atoms with Crippen molar-refractivity contribution in [1.82, 2.24) is 10.2 Å². The molecule has 0 saturated carbocycles. The number of rotatable bonds is 3. The van der Waals surface area contributed by atoms with Crippen LogP contribution >= 0.6 is 34.7 Å². The van der Waals surface area contributed by atoms with E-state index in [9.17, 15) is 14.9 Å². The van der Waals surface area contributed by atoms with E-state index in [0.29, 0.717) is 15.7 Å². The first-order valence-corrected chi connectivity index (χ1v) is 8.02. The molecule has 10 heteroatoms. The van der Waals surface area contributed by atoms with Crippen molar-refractivity contribution in [2.45, 2.75) is 5.37 Å². The van der Waals surface area contributed by atoms with E-state index >= 15 is 0 Å². The maximum Gasteiger partial charge on any atom is 0.269 e. The Morgan fingerprint density at radius 1 is 1.48 bits per heavy atom. The summed E-state index contributed by atoms with van der Waals surface area (Å²) in [4.78, 5) is 24.0. The second kappa shape index (κ2) is 5.58. The molecule has 108 valence electrons. The Morgan fingerprint density at radius 2 is 2.29 bits per heavy atom. The van der Waals surface area contributed by atoms with Gasteiger partial charge in [0.05, 0.1) is 10.7 Å². The van der Waals surface area contributed by atoms with Gasteiger partial charge in [-0.3, -0.25) is 19.8 Å². The molecule has 0 spiro atoms. The van der Waals surface area contributed by atoms with Crippen molar-refractivity contribution in [3.8, 4) is 0 Å². The zero-order valence-corrected chi connectivity index (χ0v) is 12.7. The Balaban J connectivity index is 2.05. The van der Waals surface area contributed by atoms with Crippen LogP contribution in [-0.4, -0.2) is 26.8 Å². The predicted molar refractivity (Wildman–Crippen MR) is 80.7 cm³/mol. The molecule has 3 rings (SSSR count). The van der Waals surface area contributed by atoms with Crippen molar-refractivity contribution >= 4 is 51.4 Å². The molecular formula is C11H7ClN4O3S2. The minimum Gasteiger partial charge on any atom is -0.273 e. The predicted octanol–water partition coefficient (Wildman–Crippen LogP) is 2.88. The Kier molecular flexibility index (Phi) is 3.79. The van der Waals surface area contributed by atoms with E-state index in [1.807, 2.05) is 0 Å². The number of nitrogens with zero attached hydrogens (tertiary/aromatic N) is 4. The van der Waals surface area contributed by atoms with Crippen LogP contribution in [0.1, 0.15) is 10.9 Å². The molecule has 1 atom stereocenters. The molecule has 1 aliphatic rings. The first kappa shape index (κ1) is 14.2. The van der Waals surface area contributed by atoms with Gasteiger partial charge in [-0.05, 0) is 6.07 Å². The van der Waals surface area contributed by atoms with Crippen LogP contribution in [0.3, 0.4) is 0 Å². The van der Waals surface area contributed by atoms with E-state index in [4.69, 9.17) is 11.6 Å². The monoisotopic (exact) mass is 342 g/mol. The molecule has 21 heavy (non-hydrogen) atoms. The molecule has 0 radical (unpaired) electrons. The number of amides is 1. The summed E-state index contributed by atoms with van der Waals surface area (Å²) in [5.74, 6) is 0.146. The molecule has 0 unspecified atom stereocenters. The number of non-ortho nitro benzene ring substituents is 1. The summed E-state index contributed by atoms with van der Waals surface area (Å²) in [5, 5.41) is 18.9. The minimum absolute atomic E-state index is 0.0634. The Hall–Kier alpha value is -1.71. The maximum atomic E-state index is 12.1. The van der Waals surface area contributed by atoms with Gasteiger partial charge in [-0.25, -0.2) is 0 Å². The lowest BCUT2D eigenvalue weighted by atomic mass is 10.2. The number of carbonyl (C=O) groups excluding carboxylic acids is 1. The van der Waals surface area contributed by atoms with Crippen molar-refractivity contribution in [2.24, 2.45) is 0 Å². The zero-order valence-electron chi connectivity index (χ0n) is 10.3.